The molecule has 0 atom stereocenters. The van der Waals surface area contributed by atoms with Crippen molar-refractivity contribution in [3.8, 4) is 0 Å². The van der Waals surface area contributed by atoms with Crippen molar-refractivity contribution in [3.05, 3.63) is 72.9 Å². The molecule has 0 spiro atoms. The van der Waals surface area contributed by atoms with Crippen molar-refractivity contribution in [2.45, 2.75) is 12.8 Å². The summed E-state index contributed by atoms with van der Waals surface area (Å²) in [5.41, 5.74) is 2.46. The fourth-order valence-corrected chi connectivity index (χ4v) is 1.37. The molecule has 0 saturated carbocycles. The standard InChI is InChI=1S/C14H16/c1-3-5-10-13(9-4-2)14-11-7-6-8-12-14/h3-5,7,9-12H,1-2,6,8H2/b10-5-,13-9+. The molecule has 0 radical (unpaired) electrons. The van der Waals surface area contributed by atoms with Crippen LogP contribution in [0.15, 0.2) is 72.9 Å². The van der Waals surface area contributed by atoms with Gasteiger partial charge >= 0.3 is 0 Å². The zero-order valence-corrected chi connectivity index (χ0v) is 8.45. The van der Waals surface area contributed by atoms with E-state index in [0.29, 0.717) is 0 Å². The van der Waals surface area contributed by atoms with Crippen LogP contribution < -0.4 is 0 Å². The molecule has 0 aliphatic heterocycles. The van der Waals surface area contributed by atoms with Gasteiger partial charge in [-0.2, -0.15) is 0 Å². The molecule has 1 aliphatic carbocycles. The maximum absolute atomic E-state index is 3.72. The number of allylic oxidation sites excluding steroid dienone is 10. The van der Waals surface area contributed by atoms with Crippen LogP contribution in [0.25, 0.3) is 0 Å². The summed E-state index contributed by atoms with van der Waals surface area (Å²) in [6, 6.07) is 0. The van der Waals surface area contributed by atoms with Gasteiger partial charge in [0.2, 0.25) is 0 Å². The molecule has 0 bridgehead atoms. The minimum atomic E-state index is 1.13. The van der Waals surface area contributed by atoms with Crippen LogP contribution in [0, 0.1) is 0 Å². The predicted octanol–water partition coefficient (Wildman–Crippen LogP) is 4.12. The van der Waals surface area contributed by atoms with Gasteiger partial charge in [-0.05, 0) is 24.0 Å². The molecule has 0 heteroatoms. The summed E-state index contributed by atoms with van der Waals surface area (Å²) in [6.07, 6.45) is 18.5. The Bertz CT molecular complexity index is 322. The molecule has 0 unspecified atom stereocenters. The summed E-state index contributed by atoms with van der Waals surface area (Å²) >= 11 is 0. The van der Waals surface area contributed by atoms with Crippen LogP contribution in [0.3, 0.4) is 0 Å². The minimum absolute atomic E-state index is 1.13. The van der Waals surface area contributed by atoms with Crippen molar-refractivity contribution in [3.63, 3.8) is 0 Å². The highest BCUT2D eigenvalue weighted by atomic mass is 14.0. The van der Waals surface area contributed by atoms with E-state index in [0.717, 1.165) is 12.8 Å². The van der Waals surface area contributed by atoms with Crippen molar-refractivity contribution < 1.29 is 0 Å². The highest BCUT2D eigenvalue weighted by Crippen LogP contribution is 2.19. The van der Waals surface area contributed by atoms with Gasteiger partial charge in [-0.3, -0.25) is 0 Å². The van der Waals surface area contributed by atoms with Gasteiger partial charge < -0.3 is 0 Å². The average Bonchev–Trinajstić information content (AvgIpc) is 2.25. The SMILES string of the molecule is C=C/C=C\C(=C/C=C)C1=CCCC=C1. The Morgan fingerprint density at radius 1 is 1.21 bits per heavy atom. The summed E-state index contributed by atoms with van der Waals surface area (Å²) in [5, 5.41) is 0. The van der Waals surface area contributed by atoms with Crippen molar-refractivity contribution in [2.24, 2.45) is 0 Å². The number of hydrogen-bond acceptors (Lipinski definition) is 0. The largest absolute Gasteiger partial charge is 0.0991 e. The first kappa shape index (κ1) is 10.5. The summed E-state index contributed by atoms with van der Waals surface area (Å²) in [6.45, 7) is 7.38. The molecule has 0 amide bonds. The molecule has 1 aliphatic rings. The number of hydrogen-bond donors (Lipinski definition) is 0. The van der Waals surface area contributed by atoms with Crippen LogP contribution in [0.4, 0.5) is 0 Å². The third-order valence-corrected chi connectivity index (χ3v) is 2.04. The van der Waals surface area contributed by atoms with Gasteiger partial charge in [0, 0.05) is 0 Å². The predicted molar refractivity (Wildman–Crippen MR) is 64.1 cm³/mol. The molecule has 0 N–H and O–H groups in total. The van der Waals surface area contributed by atoms with E-state index < -0.39 is 0 Å². The van der Waals surface area contributed by atoms with Crippen molar-refractivity contribution in [2.75, 3.05) is 0 Å². The molecule has 0 saturated heterocycles. The first-order valence-electron chi connectivity index (χ1n) is 4.87. The molecule has 0 heterocycles. The second kappa shape index (κ2) is 5.98. The van der Waals surface area contributed by atoms with Crippen LogP contribution in [-0.4, -0.2) is 0 Å². The maximum atomic E-state index is 3.72. The topological polar surface area (TPSA) is 0 Å². The van der Waals surface area contributed by atoms with Gasteiger partial charge in [0.1, 0.15) is 0 Å². The third-order valence-electron chi connectivity index (χ3n) is 2.04. The lowest BCUT2D eigenvalue weighted by Crippen LogP contribution is -1.87. The fourth-order valence-electron chi connectivity index (χ4n) is 1.37. The Kier molecular flexibility index (Phi) is 4.49. The molecule has 0 aromatic heterocycles. The van der Waals surface area contributed by atoms with E-state index in [1.165, 1.54) is 11.1 Å². The van der Waals surface area contributed by atoms with Crippen LogP contribution in [-0.2, 0) is 0 Å². The second-order valence-electron chi connectivity index (χ2n) is 3.09. The van der Waals surface area contributed by atoms with E-state index >= 15 is 0 Å². The highest BCUT2D eigenvalue weighted by Gasteiger charge is 1.99. The summed E-state index contributed by atoms with van der Waals surface area (Å²) in [5.74, 6) is 0. The van der Waals surface area contributed by atoms with Gasteiger partial charge in [0.15, 0.2) is 0 Å². The number of rotatable bonds is 4. The fraction of sp³-hybridized carbons (Fsp3) is 0.143. The van der Waals surface area contributed by atoms with E-state index in [1.807, 2.05) is 18.2 Å². The van der Waals surface area contributed by atoms with Gasteiger partial charge in [-0.1, -0.05) is 61.8 Å². The molecule has 14 heavy (non-hydrogen) atoms. The Hall–Kier alpha value is -1.56. The first-order valence-corrected chi connectivity index (χ1v) is 4.87. The van der Waals surface area contributed by atoms with Gasteiger partial charge in [0.05, 0.1) is 0 Å². The smallest absolute Gasteiger partial charge is 0.0188 e. The van der Waals surface area contributed by atoms with E-state index in [2.05, 4.69) is 37.5 Å². The molecular formula is C14H16. The molecule has 72 valence electrons. The zero-order chi connectivity index (χ0) is 10.2. The maximum Gasteiger partial charge on any atom is -0.0188 e. The van der Waals surface area contributed by atoms with E-state index in [-0.39, 0.29) is 0 Å². The Labute approximate surface area is 86.3 Å². The van der Waals surface area contributed by atoms with Gasteiger partial charge in [0.25, 0.3) is 0 Å². The van der Waals surface area contributed by atoms with Crippen LogP contribution in [0.1, 0.15) is 12.8 Å². The Balaban J connectivity index is 2.87. The zero-order valence-electron chi connectivity index (χ0n) is 8.45. The van der Waals surface area contributed by atoms with Crippen LogP contribution in [0.5, 0.6) is 0 Å². The van der Waals surface area contributed by atoms with Gasteiger partial charge in [-0.15, -0.1) is 0 Å². The van der Waals surface area contributed by atoms with Crippen molar-refractivity contribution >= 4 is 0 Å². The third kappa shape index (κ3) is 3.06. The molecule has 1 rings (SSSR count). The first-order chi connectivity index (χ1) is 6.88. The Morgan fingerprint density at radius 3 is 2.64 bits per heavy atom. The molecule has 0 fully saturated rings. The summed E-state index contributed by atoms with van der Waals surface area (Å²) in [7, 11) is 0. The highest BCUT2D eigenvalue weighted by molar-refractivity contribution is 5.49. The second-order valence-corrected chi connectivity index (χ2v) is 3.09. The van der Waals surface area contributed by atoms with E-state index in [9.17, 15) is 0 Å². The minimum Gasteiger partial charge on any atom is -0.0991 e. The lowest BCUT2D eigenvalue weighted by molar-refractivity contribution is 1.02. The molecule has 0 nitrogen and oxygen atoms in total. The average molecular weight is 184 g/mol. The van der Waals surface area contributed by atoms with Crippen LogP contribution in [0.2, 0.25) is 0 Å². The monoisotopic (exact) mass is 184 g/mol. The van der Waals surface area contributed by atoms with E-state index in [1.54, 1.807) is 6.08 Å². The molecule has 0 aromatic carbocycles. The molecule has 0 aromatic rings. The molecular weight excluding hydrogens is 168 g/mol. The normalized spacial score (nSPS) is 16.9. The summed E-state index contributed by atoms with van der Waals surface area (Å²) < 4.78 is 0. The Morgan fingerprint density at radius 2 is 2.07 bits per heavy atom. The van der Waals surface area contributed by atoms with Crippen molar-refractivity contribution in [1.82, 2.24) is 0 Å². The summed E-state index contributed by atoms with van der Waals surface area (Å²) in [4.78, 5) is 0. The lowest BCUT2D eigenvalue weighted by Gasteiger charge is -2.07. The lowest BCUT2D eigenvalue weighted by atomic mass is 9.99. The quantitative estimate of drug-likeness (QED) is 0.576. The van der Waals surface area contributed by atoms with Crippen LogP contribution >= 0.6 is 0 Å². The van der Waals surface area contributed by atoms with Gasteiger partial charge in [-0.25, -0.2) is 0 Å². The van der Waals surface area contributed by atoms with Crippen molar-refractivity contribution in [1.29, 1.82) is 0 Å². The van der Waals surface area contributed by atoms with E-state index in [4.69, 9.17) is 0 Å².